The van der Waals surface area contributed by atoms with Gasteiger partial charge in [-0.3, -0.25) is 0 Å². The van der Waals surface area contributed by atoms with Crippen molar-refractivity contribution in [3.63, 3.8) is 0 Å². The van der Waals surface area contributed by atoms with E-state index in [2.05, 4.69) is 42.4 Å². The second-order valence-electron chi connectivity index (χ2n) is 5.86. The van der Waals surface area contributed by atoms with Gasteiger partial charge >= 0.3 is 0 Å². The van der Waals surface area contributed by atoms with E-state index in [-0.39, 0.29) is 0 Å². The third-order valence-corrected chi connectivity index (χ3v) is 4.01. The number of anilines is 2. The van der Waals surface area contributed by atoms with Crippen molar-refractivity contribution in [2.75, 3.05) is 5.32 Å². The van der Waals surface area contributed by atoms with Crippen molar-refractivity contribution in [3.05, 3.63) is 52.7 Å². The first-order valence-electron chi connectivity index (χ1n) is 7.47. The summed E-state index contributed by atoms with van der Waals surface area (Å²) in [6.07, 6.45) is 3.20. The summed E-state index contributed by atoms with van der Waals surface area (Å²) >= 11 is 0. The number of benzene rings is 1. The number of rotatable bonds is 3. The molecule has 1 aliphatic carbocycles. The normalized spacial score (nSPS) is 13.0. The fourth-order valence-electron chi connectivity index (χ4n) is 2.74. The van der Waals surface area contributed by atoms with Gasteiger partial charge in [0, 0.05) is 11.4 Å². The van der Waals surface area contributed by atoms with Crippen LogP contribution in [0.3, 0.4) is 0 Å². The monoisotopic (exact) mass is 277 g/mol. The number of hydrogen-bond acceptors (Lipinski definition) is 3. The fourth-order valence-corrected chi connectivity index (χ4v) is 2.74. The van der Waals surface area contributed by atoms with Crippen LogP contribution in [0.1, 0.15) is 48.6 Å². The van der Waals surface area contributed by atoms with E-state index >= 15 is 0 Å². The van der Waals surface area contributed by atoms with E-state index in [1.165, 1.54) is 11.1 Å². The molecule has 0 saturated heterocycles. The molecule has 1 aliphatic rings. The smallest absolute Gasteiger partial charge is 0.148 e. The number of hydrogen-bond donors (Lipinski definition) is 1. The van der Waals surface area contributed by atoms with Crippen molar-refractivity contribution in [3.8, 4) is 6.07 Å². The molecule has 3 rings (SSSR count). The minimum absolute atomic E-state index is 0.520. The summed E-state index contributed by atoms with van der Waals surface area (Å²) in [6, 6.07) is 12.6. The molecule has 0 fully saturated rings. The first-order valence-corrected chi connectivity index (χ1v) is 7.47. The Morgan fingerprint density at radius 2 is 1.95 bits per heavy atom. The van der Waals surface area contributed by atoms with Crippen LogP contribution in [0.2, 0.25) is 0 Å². The first-order chi connectivity index (χ1) is 10.2. The molecule has 21 heavy (non-hydrogen) atoms. The number of nitriles is 1. The van der Waals surface area contributed by atoms with Crippen LogP contribution in [0, 0.1) is 11.3 Å². The Bertz CT molecular complexity index is 694. The summed E-state index contributed by atoms with van der Waals surface area (Å²) in [4.78, 5) is 4.64. The summed E-state index contributed by atoms with van der Waals surface area (Å²) in [6.45, 7) is 4.36. The summed E-state index contributed by atoms with van der Waals surface area (Å²) in [7, 11) is 0. The van der Waals surface area contributed by atoms with Crippen LogP contribution >= 0.6 is 0 Å². The second kappa shape index (κ2) is 5.57. The Hall–Kier alpha value is -2.34. The molecule has 2 aromatic rings. The van der Waals surface area contributed by atoms with Crippen LogP contribution < -0.4 is 5.32 Å². The van der Waals surface area contributed by atoms with E-state index < -0.39 is 0 Å². The molecule has 0 saturated carbocycles. The number of fused-ring (bicyclic) bond motifs is 1. The number of aryl methyl sites for hydroxylation is 2. The molecule has 0 radical (unpaired) electrons. The van der Waals surface area contributed by atoms with Crippen LogP contribution in [-0.2, 0) is 12.8 Å². The van der Waals surface area contributed by atoms with Crippen molar-refractivity contribution in [2.24, 2.45) is 0 Å². The third kappa shape index (κ3) is 2.75. The fraction of sp³-hybridized carbons (Fsp3) is 0.333. The molecular weight excluding hydrogens is 258 g/mol. The molecule has 0 amide bonds. The van der Waals surface area contributed by atoms with Crippen LogP contribution in [0.4, 0.5) is 11.5 Å². The number of aromatic nitrogens is 1. The maximum Gasteiger partial charge on any atom is 0.148 e. The average molecular weight is 277 g/mol. The summed E-state index contributed by atoms with van der Waals surface area (Å²) < 4.78 is 0. The van der Waals surface area contributed by atoms with Gasteiger partial charge in [-0.15, -0.1) is 0 Å². The van der Waals surface area contributed by atoms with Gasteiger partial charge in [0.1, 0.15) is 11.9 Å². The van der Waals surface area contributed by atoms with Crippen LogP contribution in [0.15, 0.2) is 30.3 Å². The molecular formula is C18H19N3. The lowest BCUT2D eigenvalue weighted by Crippen LogP contribution is -2.01. The lowest BCUT2D eigenvalue weighted by atomic mass is 10.0. The molecule has 3 nitrogen and oxygen atoms in total. The molecule has 1 N–H and O–H groups in total. The summed E-state index contributed by atoms with van der Waals surface area (Å²) in [5, 5.41) is 12.6. The van der Waals surface area contributed by atoms with Gasteiger partial charge in [0.05, 0.1) is 5.56 Å². The quantitative estimate of drug-likeness (QED) is 0.909. The zero-order valence-corrected chi connectivity index (χ0v) is 12.5. The van der Waals surface area contributed by atoms with Crippen LogP contribution in [0.25, 0.3) is 0 Å². The van der Waals surface area contributed by atoms with Crippen molar-refractivity contribution in [1.82, 2.24) is 4.98 Å². The molecule has 0 spiro atoms. The minimum atomic E-state index is 0.520. The van der Waals surface area contributed by atoms with E-state index in [1.54, 1.807) is 0 Å². The zero-order valence-electron chi connectivity index (χ0n) is 12.5. The van der Waals surface area contributed by atoms with Gasteiger partial charge in [-0.2, -0.15) is 5.26 Å². The molecule has 1 heterocycles. The summed E-state index contributed by atoms with van der Waals surface area (Å²) in [5.41, 5.74) is 5.27. The predicted molar refractivity (Wildman–Crippen MR) is 84.8 cm³/mol. The minimum Gasteiger partial charge on any atom is -0.339 e. The van der Waals surface area contributed by atoms with E-state index in [4.69, 9.17) is 0 Å². The van der Waals surface area contributed by atoms with Crippen molar-refractivity contribution in [1.29, 1.82) is 5.26 Å². The Morgan fingerprint density at radius 3 is 2.62 bits per heavy atom. The first kappa shape index (κ1) is 13.6. The Morgan fingerprint density at radius 1 is 1.19 bits per heavy atom. The van der Waals surface area contributed by atoms with Crippen molar-refractivity contribution in [2.45, 2.75) is 39.0 Å². The molecule has 1 aromatic heterocycles. The maximum atomic E-state index is 9.31. The standard InChI is InChI=1S/C18H19N3/c1-12(2)13-6-8-16(9-7-13)20-18-15(11-19)10-14-4-3-5-17(14)21-18/h6-10,12H,3-5H2,1-2H3,(H,20,21). The molecule has 0 aliphatic heterocycles. The molecule has 0 atom stereocenters. The van der Waals surface area contributed by atoms with E-state index in [0.717, 1.165) is 30.6 Å². The highest BCUT2D eigenvalue weighted by Crippen LogP contribution is 2.27. The Kier molecular flexibility index (Phi) is 3.62. The highest BCUT2D eigenvalue weighted by atomic mass is 15.0. The number of pyridine rings is 1. The topological polar surface area (TPSA) is 48.7 Å². The highest BCUT2D eigenvalue weighted by molar-refractivity contribution is 5.64. The Balaban J connectivity index is 1.89. The van der Waals surface area contributed by atoms with E-state index in [0.29, 0.717) is 17.3 Å². The maximum absolute atomic E-state index is 9.31. The molecule has 3 heteroatoms. The molecule has 106 valence electrons. The van der Waals surface area contributed by atoms with Gasteiger partial charge < -0.3 is 5.32 Å². The lowest BCUT2D eigenvalue weighted by molar-refractivity contribution is 0.867. The third-order valence-electron chi connectivity index (χ3n) is 4.01. The van der Waals surface area contributed by atoms with Crippen molar-refractivity contribution < 1.29 is 0 Å². The predicted octanol–water partition coefficient (Wildman–Crippen LogP) is 4.31. The van der Waals surface area contributed by atoms with E-state index in [9.17, 15) is 5.26 Å². The highest BCUT2D eigenvalue weighted by Gasteiger charge is 2.16. The van der Waals surface area contributed by atoms with Gasteiger partial charge in [-0.05, 0) is 54.5 Å². The zero-order chi connectivity index (χ0) is 14.8. The van der Waals surface area contributed by atoms with Crippen molar-refractivity contribution >= 4 is 11.5 Å². The van der Waals surface area contributed by atoms with Gasteiger partial charge in [0.15, 0.2) is 0 Å². The Labute approximate surface area is 125 Å². The largest absolute Gasteiger partial charge is 0.339 e. The van der Waals surface area contributed by atoms with Crippen LogP contribution in [0.5, 0.6) is 0 Å². The number of nitrogens with zero attached hydrogens (tertiary/aromatic N) is 2. The van der Waals surface area contributed by atoms with Gasteiger partial charge in [0.25, 0.3) is 0 Å². The van der Waals surface area contributed by atoms with Crippen LogP contribution in [-0.4, -0.2) is 4.98 Å². The molecule has 1 aromatic carbocycles. The van der Waals surface area contributed by atoms with E-state index in [1.807, 2.05) is 18.2 Å². The average Bonchev–Trinajstić information content (AvgIpc) is 2.94. The molecule has 0 unspecified atom stereocenters. The van der Waals surface area contributed by atoms with Gasteiger partial charge in [-0.1, -0.05) is 26.0 Å². The molecule has 0 bridgehead atoms. The number of nitrogens with one attached hydrogen (secondary N) is 1. The SMILES string of the molecule is CC(C)c1ccc(Nc2nc3c(cc2C#N)CCC3)cc1. The lowest BCUT2D eigenvalue weighted by Gasteiger charge is -2.11. The van der Waals surface area contributed by atoms with Gasteiger partial charge in [0.2, 0.25) is 0 Å². The second-order valence-corrected chi connectivity index (χ2v) is 5.86. The van der Waals surface area contributed by atoms with Gasteiger partial charge in [-0.25, -0.2) is 4.98 Å². The summed E-state index contributed by atoms with van der Waals surface area (Å²) in [5.74, 6) is 1.20.